The highest BCUT2D eigenvalue weighted by molar-refractivity contribution is 5.92. The minimum Gasteiger partial charge on any atom is -0.392 e. The fourth-order valence-electron chi connectivity index (χ4n) is 6.62. The largest absolute Gasteiger partial charge is 0.392 e. The fourth-order valence-corrected chi connectivity index (χ4v) is 6.62. The Morgan fingerprint density at radius 1 is 1.20 bits per heavy atom. The molecule has 2 aliphatic carbocycles. The van der Waals surface area contributed by atoms with Gasteiger partial charge < -0.3 is 15.3 Å². The number of carbonyl (C=O) groups excluding carboxylic acids is 2. The zero-order valence-electron chi connectivity index (χ0n) is 21.2. The summed E-state index contributed by atoms with van der Waals surface area (Å²) in [4.78, 5) is 35.9. The number of aliphatic hydroxyl groups excluding tert-OH is 1. The highest BCUT2D eigenvalue weighted by Gasteiger charge is 2.54. The lowest BCUT2D eigenvalue weighted by Crippen LogP contribution is -2.58. The smallest absolute Gasteiger partial charge is 0.271 e. The SMILES string of the molecule is C[C@@H]1[C@@H]2[C@@H](O)[C@@H]([C@H](C)C(=O)N(C)Cc3ccccc3)CC[C@]2(C)CC[C@@H]1NC(=O)c1cnccn1. The molecule has 0 radical (unpaired) electrons. The second kappa shape index (κ2) is 10.4. The van der Waals surface area contributed by atoms with Crippen molar-refractivity contribution in [3.63, 3.8) is 0 Å². The van der Waals surface area contributed by atoms with E-state index in [9.17, 15) is 14.7 Å². The minimum atomic E-state index is -0.593. The number of fused-ring (bicyclic) bond motifs is 1. The van der Waals surface area contributed by atoms with Gasteiger partial charge in [-0.3, -0.25) is 14.6 Å². The summed E-state index contributed by atoms with van der Waals surface area (Å²) >= 11 is 0. The number of nitrogens with one attached hydrogen (secondary N) is 1. The Hall–Kier alpha value is -2.80. The predicted octanol–water partition coefficient (Wildman–Crippen LogP) is 3.69. The van der Waals surface area contributed by atoms with Crippen LogP contribution in [0.15, 0.2) is 48.9 Å². The van der Waals surface area contributed by atoms with Crippen molar-refractivity contribution in [3.8, 4) is 0 Å². The van der Waals surface area contributed by atoms with Crippen molar-refractivity contribution >= 4 is 11.8 Å². The molecule has 2 saturated carbocycles. The fraction of sp³-hybridized carbons (Fsp3) is 0.571. The molecule has 2 aromatic rings. The number of carbonyl (C=O) groups is 2. The average molecular weight is 479 g/mol. The van der Waals surface area contributed by atoms with Crippen LogP contribution < -0.4 is 5.32 Å². The molecule has 1 aromatic heterocycles. The van der Waals surface area contributed by atoms with E-state index in [4.69, 9.17) is 0 Å². The maximum absolute atomic E-state index is 13.3. The molecule has 0 aliphatic heterocycles. The summed E-state index contributed by atoms with van der Waals surface area (Å²) in [6, 6.07) is 9.92. The first-order valence-corrected chi connectivity index (χ1v) is 12.7. The van der Waals surface area contributed by atoms with Gasteiger partial charge in [-0.2, -0.15) is 0 Å². The standard InChI is InChI=1S/C28H38N4O3/c1-18(27(35)32(4)17-20-8-6-5-7-9-20)21-10-12-28(3)13-11-22(19(2)24(28)25(21)33)31-26(34)23-16-29-14-15-30-23/h5-9,14-16,18-19,21-22,24-25,33H,10-13,17H2,1-4H3,(H,31,34)/t18-,19-,21+,22-,24+,25-,28+/m0/s1. The number of hydrogen-bond acceptors (Lipinski definition) is 5. The van der Waals surface area contributed by atoms with Gasteiger partial charge in [-0.05, 0) is 54.4 Å². The normalized spacial score (nSPS) is 31.2. The first-order chi connectivity index (χ1) is 16.7. The second-order valence-corrected chi connectivity index (χ2v) is 10.9. The van der Waals surface area contributed by atoms with Crippen molar-refractivity contribution in [2.45, 2.75) is 65.1 Å². The molecule has 188 valence electrons. The third-order valence-electron chi connectivity index (χ3n) is 8.67. The molecule has 1 heterocycles. The van der Waals surface area contributed by atoms with Gasteiger partial charge in [0.2, 0.25) is 5.91 Å². The summed E-state index contributed by atoms with van der Waals surface area (Å²) in [5, 5.41) is 14.8. The summed E-state index contributed by atoms with van der Waals surface area (Å²) in [6.45, 7) is 6.91. The Morgan fingerprint density at radius 2 is 1.91 bits per heavy atom. The number of amides is 2. The van der Waals surface area contributed by atoms with Crippen LogP contribution in [0.25, 0.3) is 0 Å². The van der Waals surface area contributed by atoms with Crippen LogP contribution in [0, 0.1) is 29.1 Å². The Balaban J connectivity index is 1.45. The molecule has 2 fully saturated rings. The van der Waals surface area contributed by atoms with Crippen LogP contribution in [0.3, 0.4) is 0 Å². The lowest BCUT2D eigenvalue weighted by atomic mass is 9.51. The molecule has 2 aliphatic rings. The highest BCUT2D eigenvalue weighted by Crippen LogP contribution is 2.55. The molecule has 0 spiro atoms. The number of rotatable bonds is 6. The molecular formula is C28H38N4O3. The third-order valence-corrected chi connectivity index (χ3v) is 8.67. The van der Waals surface area contributed by atoms with E-state index in [-0.39, 0.29) is 46.9 Å². The number of aromatic nitrogens is 2. The van der Waals surface area contributed by atoms with E-state index in [1.54, 1.807) is 11.1 Å². The van der Waals surface area contributed by atoms with Crippen molar-refractivity contribution < 1.29 is 14.7 Å². The van der Waals surface area contributed by atoms with Gasteiger partial charge in [0.25, 0.3) is 5.91 Å². The van der Waals surface area contributed by atoms with E-state index in [0.717, 1.165) is 31.2 Å². The topological polar surface area (TPSA) is 95.4 Å². The van der Waals surface area contributed by atoms with Crippen LogP contribution in [0.1, 0.15) is 62.5 Å². The Morgan fingerprint density at radius 3 is 2.60 bits per heavy atom. The van der Waals surface area contributed by atoms with Gasteiger partial charge in [0.15, 0.2) is 0 Å². The second-order valence-electron chi connectivity index (χ2n) is 10.9. The molecule has 7 atom stereocenters. The molecular weight excluding hydrogens is 440 g/mol. The molecule has 4 rings (SSSR count). The molecule has 0 saturated heterocycles. The van der Waals surface area contributed by atoms with E-state index >= 15 is 0 Å². The van der Waals surface area contributed by atoms with Crippen molar-refractivity contribution in [1.29, 1.82) is 0 Å². The molecule has 0 unspecified atom stereocenters. The average Bonchev–Trinajstić information content (AvgIpc) is 2.86. The molecule has 7 nitrogen and oxygen atoms in total. The molecule has 2 N–H and O–H groups in total. The summed E-state index contributed by atoms with van der Waals surface area (Å²) < 4.78 is 0. The van der Waals surface area contributed by atoms with Crippen molar-refractivity contribution in [1.82, 2.24) is 20.2 Å². The van der Waals surface area contributed by atoms with Gasteiger partial charge >= 0.3 is 0 Å². The predicted molar refractivity (Wildman–Crippen MR) is 134 cm³/mol. The maximum Gasteiger partial charge on any atom is 0.271 e. The Kier molecular flexibility index (Phi) is 7.55. The van der Waals surface area contributed by atoms with E-state index < -0.39 is 6.10 Å². The first-order valence-electron chi connectivity index (χ1n) is 12.7. The molecule has 0 bridgehead atoms. The third kappa shape index (κ3) is 5.25. The van der Waals surface area contributed by atoms with Gasteiger partial charge in [-0.1, -0.05) is 51.1 Å². The van der Waals surface area contributed by atoms with Gasteiger partial charge in [-0.15, -0.1) is 0 Å². The van der Waals surface area contributed by atoms with Crippen LogP contribution in [0.4, 0.5) is 0 Å². The maximum atomic E-state index is 13.3. The minimum absolute atomic E-state index is 0.00181. The van der Waals surface area contributed by atoms with Crippen molar-refractivity contribution in [3.05, 3.63) is 60.2 Å². The van der Waals surface area contributed by atoms with Gasteiger partial charge in [0, 0.05) is 37.9 Å². The summed E-state index contributed by atoms with van der Waals surface area (Å²) in [7, 11) is 1.84. The van der Waals surface area contributed by atoms with E-state index in [1.165, 1.54) is 12.4 Å². The summed E-state index contributed by atoms with van der Waals surface area (Å²) in [5.41, 5.74) is 1.40. The number of benzene rings is 1. The Bertz CT molecular complexity index is 1020. The van der Waals surface area contributed by atoms with E-state index in [2.05, 4.69) is 29.1 Å². The van der Waals surface area contributed by atoms with Crippen LogP contribution in [-0.4, -0.2) is 51.0 Å². The van der Waals surface area contributed by atoms with E-state index in [0.29, 0.717) is 12.2 Å². The summed E-state index contributed by atoms with van der Waals surface area (Å²) in [5.74, 6) is -0.446. The van der Waals surface area contributed by atoms with Crippen LogP contribution in [-0.2, 0) is 11.3 Å². The van der Waals surface area contributed by atoms with E-state index in [1.807, 2.05) is 44.3 Å². The molecule has 7 heteroatoms. The molecule has 35 heavy (non-hydrogen) atoms. The number of nitrogens with zero attached hydrogens (tertiary/aromatic N) is 3. The molecule has 2 amide bonds. The van der Waals surface area contributed by atoms with Crippen LogP contribution in [0.5, 0.6) is 0 Å². The summed E-state index contributed by atoms with van der Waals surface area (Å²) in [6.07, 6.45) is 7.56. The molecule has 1 aromatic carbocycles. The first kappa shape index (κ1) is 25.3. The van der Waals surface area contributed by atoms with Crippen LogP contribution >= 0.6 is 0 Å². The highest BCUT2D eigenvalue weighted by atomic mass is 16.3. The van der Waals surface area contributed by atoms with Gasteiger partial charge in [-0.25, -0.2) is 4.98 Å². The van der Waals surface area contributed by atoms with Crippen molar-refractivity contribution in [2.24, 2.45) is 29.1 Å². The quantitative estimate of drug-likeness (QED) is 0.660. The van der Waals surface area contributed by atoms with Gasteiger partial charge in [0.1, 0.15) is 5.69 Å². The van der Waals surface area contributed by atoms with Gasteiger partial charge in [0.05, 0.1) is 12.3 Å². The zero-order chi connectivity index (χ0) is 25.2. The lowest BCUT2D eigenvalue weighted by Gasteiger charge is -2.56. The number of aliphatic hydroxyl groups is 1. The monoisotopic (exact) mass is 478 g/mol. The lowest BCUT2D eigenvalue weighted by molar-refractivity contribution is -0.149. The van der Waals surface area contributed by atoms with Crippen molar-refractivity contribution in [2.75, 3.05) is 7.05 Å². The zero-order valence-corrected chi connectivity index (χ0v) is 21.2. The van der Waals surface area contributed by atoms with Crippen LogP contribution in [0.2, 0.25) is 0 Å². The number of hydrogen-bond donors (Lipinski definition) is 2. The Labute approximate surface area is 208 Å².